The molecule has 4 aromatic rings. The number of amides is 1. The number of hydrogen-bond acceptors (Lipinski definition) is 6. The van der Waals surface area contributed by atoms with Gasteiger partial charge in [-0.05, 0) is 54.3 Å². The number of carbonyl (C=O) groups is 1. The van der Waals surface area contributed by atoms with Gasteiger partial charge in [0.25, 0.3) is 15.9 Å². The van der Waals surface area contributed by atoms with E-state index in [-0.39, 0.29) is 16.8 Å². The lowest BCUT2D eigenvalue weighted by atomic mass is 10.1. The second-order valence-electron chi connectivity index (χ2n) is 7.93. The van der Waals surface area contributed by atoms with Gasteiger partial charge in [0, 0.05) is 17.8 Å². The third-order valence-electron chi connectivity index (χ3n) is 5.75. The molecule has 7 nitrogen and oxygen atoms in total. The molecule has 9 heteroatoms. The zero-order valence-corrected chi connectivity index (χ0v) is 21.4. The van der Waals surface area contributed by atoms with Gasteiger partial charge in [-0.3, -0.25) is 9.10 Å². The minimum Gasteiger partial charge on any atom is -0.493 e. The van der Waals surface area contributed by atoms with Gasteiger partial charge < -0.3 is 14.8 Å². The number of rotatable bonds is 8. The molecule has 0 fully saturated rings. The smallest absolute Gasteiger partial charge is 0.264 e. The van der Waals surface area contributed by atoms with E-state index in [0.717, 1.165) is 15.6 Å². The van der Waals surface area contributed by atoms with Crippen molar-refractivity contribution in [1.29, 1.82) is 0 Å². The van der Waals surface area contributed by atoms with Crippen LogP contribution in [-0.2, 0) is 10.0 Å². The number of hydrogen-bond donors (Lipinski definition) is 1. The monoisotopic (exact) mass is 510 g/mol. The van der Waals surface area contributed by atoms with Gasteiger partial charge in [-0.25, -0.2) is 8.42 Å². The Labute approximate surface area is 209 Å². The molecule has 3 aromatic carbocycles. The fraction of sp³-hybridized carbons (Fsp3) is 0.192. The molecular weight excluding hydrogens is 484 g/mol. The van der Waals surface area contributed by atoms with Gasteiger partial charge in [0.15, 0.2) is 11.5 Å². The van der Waals surface area contributed by atoms with Crippen LogP contribution in [-0.4, -0.2) is 35.6 Å². The van der Waals surface area contributed by atoms with Crippen LogP contribution in [0.2, 0.25) is 0 Å². The van der Waals surface area contributed by atoms with Crippen LogP contribution in [0.15, 0.2) is 77.7 Å². The van der Waals surface area contributed by atoms with Gasteiger partial charge >= 0.3 is 0 Å². The molecule has 0 unspecified atom stereocenters. The zero-order chi connectivity index (χ0) is 25.2. The Kier molecular flexibility index (Phi) is 7.00. The average molecular weight is 511 g/mol. The van der Waals surface area contributed by atoms with E-state index in [1.165, 1.54) is 49.0 Å². The van der Waals surface area contributed by atoms with Crippen molar-refractivity contribution in [2.75, 3.05) is 25.6 Å². The van der Waals surface area contributed by atoms with Crippen LogP contribution < -0.4 is 19.1 Å². The highest BCUT2D eigenvalue weighted by Gasteiger charge is 2.24. The molecule has 0 saturated carbocycles. The summed E-state index contributed by atoms with van der Waals surface area (Å²) < 4.78 is 39.1. The van der Waals surface area contributed by atoms with E-state index >= 15 is 0 Å². The standard InChI is InChI=1S/C26H26N2O5S2/c1-17(18-8-6-5-7-9-18)27-26(29)25-15-19-14-20(10-13-24(19)34-25)28(2)35(30,31)21-11-12-22(32-3)23(16-21)33-4/h5-17H,1-4H3,(H,27,29)/t17-/m1/s1. The molecule has 35 heavy (non-hydrogen) atoms. The number of sulfonamides is 1. The first-order valence-electron chi connectivity index (χ1n) is 10.8. The highest BCUT2D eigenvalue weighted by atomic mass is 32.2. The van der Waals surface area contributed by atoms with E-state index in [1.807, 2.05) is 43.3 Å². The topological polar surface area (TPSA) is 84.9 Å². The molecule has 0 aliphatic carbocycles. The fourth-order valence-corrected chi connectivity index (χ4v) is 5.85. The van der Waals surface area contributed by atoms with E-state index in [0.29, 0.717) is 22.1 Å². The Balaban J connectivity index is 1.58. The molecule has 0 radical (unpaired) electrons. The first-order valence-corrected chi connectivity index (χ1v) is 13.1. The number of nitrogens with zero attached hydrogens (tertiary/aromatic N) is 1. The number of methoxy groups -OCH3 is 2. The minimum atomic E-state index is -3.85. The molecular formula is C26H26N2O5S2. The van der Waals surface area contributed by atoms with Crippen LogP contribution >= 0.6 is 11.3 Å². The maximum absolute atomic E-state index is 13.3. The predicted octanol–water partition coefficient (Wildman–Crippen LogP) is 5.23. The fourth-order valence-electron chi connectivity index (χ4n) is 3.71. The third-order valence-corrected chi connectivity index (χ3v) is 8.64. The van der Waals surface area contributed by atoms with Crippen LogP contribution in [0.25, 0.3) is 10.1 Å². The Morgan fingerprint density at radius 2 is 1.66 bits per heavy atom. The van der Waals surface area contributed by atoms with E-state index in [1.54, 1.807) is 24.3 Å². The van der Waals surface area contributed by atoms with Crippen molar-refractivity contribution < 1.29 is 22.7 Å². The summed E-state index contributed by atoms with van der Waals surface area (Å²) in [5.41, 5.74) is 1.50. The summed E-state index contributed by atoms with van der Waals surface area (Å²) in [7, 11) is 0.589. The lowest BCUT2D eigenvalue weighted by molar-refractivity contribution is 0.0944. The third kappa shape index (κ3) is 4.96. The Bertz CT molecular complexity index is 1470. The molecule has 0 spiro atoms. The molecule has 1 heterocycles. The summed E-state index contributed by atoms with van der Waals surface area (Å²) in [6.07, 6.45) is 0. The Hall–Kier alpha value is -3.56. The van der Waals surface area contributed by atoms with Gasteiger partial charge in [-0.2, -0.15) is 0 Å². The highest BCUT2D eigenvalue weighted by molar-refractivity contribution is 7.92. The molecule has 4 rings (SSSR count). The number of fused-ring (bicyclic) bond motifs is 1. The van der Waals surface area contributed by atoms with Crippen LogP contribution in [0.1, 0.15) is 28.2 Å². The lowest BCUT2D eigenvalue weighted by Crippen LogP contribution is -2.26. The van der Waals surface area contributed by atoms with Crippen molar-refractivity contribution in [3.05, 3.63) is 83.2 Å². The van der Waals surface area contributed by atoms with Crippen LogP contribution in [0, 0.1) is 0 Å². The lowest BCUT2D eigenvalue weighted by Gasteiger charge is -2.20. The summed E-state index contributed by atoms with van der Waals surface area (Å²) in [5.74, 6) is 0.604. The van der Waals surface area contributed by atoms with E-state index in [4.69, 9.17) is 9.47 Å². The average Bonchev–Trinajstić information content (AvgIpc) is 3.32. The molecule has 0 aliphatic rings. The van der Waals surface area contributed by atoms with E-state index in [2.05, 4.69) is 5.32 Å². The van der Waals surface area contributed by atoms with Crippen molar-refractivity contribution in [2.45, 2.75) is 17.9 Å². The molecule has 1 aromatic heterocycles. The Morgan fingerprint density at radius 1 is 0.943 bits per heavy atom. The maximum Gasteiger partial charge on any atom is 0.264 e. The van der Waals surface area contributed by atoms with E-state index < -0.39 is 10.0 Å². The number of ether oxygens (including phenoxy) is 2. The van der Waals surface area contributed by atoms with Gasteiger partial charge in [0.2, 0.25) is 0 Å². The van der Waals surface area contributed by atoms with Crippen molar-refractivity contribution in [3.8, 4) is 11.5 Å². The predicted molar refractivity (Wildman–Crippen MR) is 139 cm³/mol. The van der Waals surface area contributed by atoms with Crippen LogP contribution in [0.4, 0.5) is 5.69 Å². The zero-order valence-electron chi connectivity index (χ0n) is 19.8. The SMILES string of the molecule is COc1ccc(S(=O)(=O)N(C)c2ccc3sc(C(=O)N[C@H](C)c4ccccc4)cc3c2)cc1OC. The second-order valence-corrected chi connectivity index (χ2v) is 11.0. The second kappa shape index (κ2) is 9.97. The maximum atomic E-state index is 13.3. The largest absolute Gasteiger partial charge is 0.493 e. The van der Waals surface area contributed by atoms with Gasteiger partial charge in [-0.15, -0.1) is 11.3 Å². The highest BCUT2D eigenvalue weighted by Crippen LogP contribution is 2.34. The molecule has 0 saturated heterocycles. The van der Waals surface area contributed by atoms with Crippen molar-refractivity contribution in [2.24, 2.45) is 0 Å². The normalized spacial score (nSPS) is 12.2. The number of carbonyl (C=O) groups excluding carboxylic acids is 1. The van der Waals surface area contributed by atoms with E-state index in [9.17, 15) is 13.2 Å². The number of anilines is 1. The number of thiophene rings is 1. The summed E-state index contributed by atoms with van der Waals surface area (Å²) >= 11 is 1.37. The molecule has 0 aliphatic heterocycles. The van der Waals surface area contributed by atoms with Gasteiger partial charge in [-0.1, -0.05) is 30.3 Å². The van der Waals surface area contributed by atoms with Gasteiger partial charge in [0.05, 0.1) is 35.7 Å². The number of nitrogens with one attached hydrogen (secondary N) is 1. The minimum absolute atomic E-state index is 0.0815. The molecule has 0 bridgehead atoms. The number of benzene rings is 3. The van der Waals surface area contributed by atoms with Crippen molar-refractivity contribution >= 4 is 43.0 Å². The first-order chi connectivity index (χ1) is 16.7. The van der Waals surface area contributed by atoms with Crippen molar-refractivity contribution in [3.63, 3.8) is 0 Å². The van der Waals surface area contributed by atoms with Crippen LogP contribution in [0.3, 0.4) is 0 Å². The Morgan fingerprint density at radius 3 is 2.34 bits per heavy atom. The first kappa shape index (κ1) is 24.6. The van der Waals surface area contributed by atoms with Gasteiger partial charge in [0.1, 0.15) is 0 Å². The molecule has 1 amide bonds. The summed E-state index contributed by atoms with van der Waals surface area (Å²) in [4.78, 5) is 13.5. The summed E-state index contributed by atoms with van der Waals surface area (Å²) in [6, 6.07) is 21.2. The quantitative estimate of drug-likeness (QED) is 0.351. The van der Waals surface area contributed by atoms with Crippen LogP contribution in [0.5, 0.6) is 11.5 Å². The molecule has 182 valence electrons. The summed E-state index contributed by atoms with van der Waals surface area (Å²) in [5, 5.41) is 3.81. The molecule has 1 N–H and O–H groups in total. The van der Waals surface area contributed by atoms with Crippen molar-refractivity contribution in [1.82, 2.24) is 5.32 Å². The summed E-state index contributed by atoms with van der Waals surface area (Å²) in [6.45, 7) is 1.94. The molecule has 1 atom stereocenters.